The molecular formula is C21H22BrN3O4. The summed E-state index contributed by atoms with van der Waals surface area (Å²) < 4.78 is 11.3. The molecule has 2 amide bonds. The normalized spacial score (nSPS) is 16.3. The van der Waals surface area contributed by atoms with Gasteiger partial charge < -0.3 is 14.4 Å². The van der Waals surface area contributed by atoms with Crippen molar-refractivity contribution in [2.24, 2.45) is 5.10 Å². The lowest BCUT2D eigenvalue weighted by Crippen LogP contribution is -2.36. The smallest absolute Gasteiger partial charge is 0.259 e. The number of nitrogens with zero attached hydrogens (tertiary/aromatic N) is 2. The van der Waals surface area contributed by atoms with E-state index in [1.165, 1.54) is 6.21 Å². The molecule has 29 heavy (non-hydrogen) atoms. The molecule has 0 saturated carbocycles. The number of methoxy groups -OCH3 is 2. The lowest BCUT2D eigenvalue weighted by Gasteiger charge is -2.15. The minimum atomic E-state index is -0.345. The molecule has 152 valence electrons. The third-order valence-electron chi connectivity index (χ3n) is 4.68. The number of rotatable bonds is 7. The molecule has 0 aliphatic carbocycles. The first-order valence-corrected chi connectivity index (χ1v) is 9.87. The number of halogens is 1. The Morgan fingerprint density at radius 3 is 2.72 bits per heavy atom. The van der Waals surface area contributed by atoms with Gasteiger partial charge >= 0.3 is 0 Å². The number of nitrogens with one attached hydrogen (secondary N) is 1. The Kier molecular flexibility index (Phi) is 6.87. The van der Waals surface area contributed by atoms with Gasteiger partial charge in [0.15, 0.2) is 11.5 Å². The number of likely N-dealkylation sites (tertiary alicyclic amines) is 1. The van der Waals surface area contributed by atoms with Crippen LogP contribution in [0.3, 0.4) is 0 Å². The second-order valence-electron chi connectivity index (χ2n) is 6.62. The molecule has 1 N–H and O–H groups in total. The fraction of sp³-hybridized carbons (Fsp3) is 0.286. The van der Waals surface area contributed by atoms with Gasteiger partial charge in [-0.3, -0.25) is 9.59 Å². The molecule has 0 spiro atoms. The van der Waals surface area contributed by atoms with E-state index in [0.717, 1.165) is 11.1 Å². The van der Waals surface area contributed by atoms with Crippen LogP contribution in [0.15, 0.2) is 52.0 Å². The average Bonchev–Trinajstić information content (AvgIpc) is 3.08. The maximum Gasteiger partial charge on any atom is 0.259 e. The Balaban J connectivity index is 1.56. The second-order valence-corrected chi connectivity index (χ2v) is 7.47. The van der Waals surface area contributed by atoms with Crippen LogP contribution in [0.25, 0.3) is 0 Å². The SMILES string of the molecule is COc1cc(/C=N\NC(=O)CN2C[C@H](c3ccccc3)CC2=O)cc(Br)c1OC. The van der Waals surface area contributed by atoms with Gasteiger partial charge in [0, 0.05) is 18.9 Å². The standard InChI is InChI=1S/C21H22BrN3O4/c1-28-18-9-14(8-17(22)21(18)29-2)11-23-24-19(26)13-25-12-16(10-20(25)27)15-6-4-3-5-7-15/h3-9,11,16H,10,12-13H2,1-2H3,(H,24,26)/b23-11-/t16-/m1/s1. The topological polar surface area (TPSA) is 80.2 Å². The summed E-state index contributed by atoms with van der Waals surface area (Å²) in [7, 11) is 3.10. The predicted molar refractivity (Wildman–Crippen MR) is 113 cm³/mol. The molecule has 0 radical (unpaired) electrons. The summed E-state index contributed by atoms with van der Waals surface area (Å²) in [5.74, 6) is 0.868. The third-order valence-corrected chi connectivity index (χ3v) is 5.27. The van der Waals surface area contributed by atoms with Crippen LogP contribution in [0.2, 0.25) is 0 Å². The van der Waals surface area contributed by atoms with Crippen molar-refractivity contribution in [2.75, 3.05) is 27.3 Å². The first-order valence-electron chi connectivity index (χ1n) is 9.08. The molecule has 1 aliphatic heterocycles. The first-order chi connectivity index (χ1) is 14.0. The molecule has 3 rings (SSSR count). The molecule has 0 bridgehead atoms. The lowest BCUT2D eigenvalue weighted by molar-refractivity contribution is -0.133. The average molecular weight is 460 g/mol. The van der Waals surface area contributed by atoms with Crippen LogP contribution in [0.5, 0.6) is 11.5 Å². The molecule has 2 aromatic rings. The van der Waals surface area contributed by atoms with Gasteiger partial charge in [-0.05, 0) is 39.2 Å². The van der Waals surface area contributed by atoms with Crippen LogP contribution in [-0.4, -0.2) is 50.2 Å². The van der Waals surface area contributed by atoms with Gasteiger partial charge in [-0.15, -0.1) is 0 Å². The summed E-state index contributed by atoms with van der Waals surface area (Å²) in [5, 5.41) is 3.98. The summed E-state index contributed by atoms with van der Waals surface area (Å²) in [6.07, 6.45) is 1.92. The van der Waals surface area contributed by atoms with Crippen molar-refractivity contribution < 1.29 is 19.1 Å². The van der Waals surface area contributed by atoms with Gasteiger partial charge in [-0.25, -0.2) is 5.43 Å². The van der Waals surface area contributed by atoms with Gasteiger partial charge in [0.2, 0.25) is 5.91 Å². The fourth-order valence-electron chi connectivity index (χ4n) is 3.27. The molecule has 0 aromatic heterocycles. The van der Waals surface area contributed by atoms with Crippen molar-refractivity contribution >= 4 is 34.0 Å². The number of hydrogen-bond donors (Lipinski definition) is 1. The van der Waals surface area contributed by atoms with Gasteiger partial charge in [0.05, 0.1) is 24.9 Å². The molecule has 0 unspecified atom stereocenters. The summed E-state index contributed by atoms with van der Waals surface area (Å²) in [6, 6.07) is 13.4. The van der Waals surface area contributed by atoms with E-state index in [9.17, 15) is 9.59 Å². The predicted octanol–water partition coefficient (Wildman–Crippen LogP) is 2.93. The zero-order valence-electron chi connectivity index (χ0n) is 16.2. The Morgan fingerprint density at radius 1 is 1.28 bits per heavy atom. The number of hydrogen-bond acceptors (Lipinski definition) is 5. The number of amides is 2. The quantitative estimate of drug-likeness (QED) is 0.509. The van der Waals surface area contributed by atoms with Gasteiger partial charge in [-0.1, -0.05) is 30.3 Å². The number of hydrazone groups is 1. The van der Waals surface area contributed by atoms with E-state index in [1.807, 2.05) is 30.3 Å². The molecule has 1 fully saturated rings. The highest BCUT2D eigenvalue weighted by Gasteiger charge is 2.31. The van der Waals surface area contributed by atoms with E-state index in [-0.39, 0.29) is 24.3 Å². The zero-order chi connectivity index (χ0) is 20.8. The molecule has 1 aliphatic rings. The van der Waals surface area contributed by atoms with E-state index in [2.05, 4.69) is 26.5 Å². The van der Waals surface area contributed by atoms with E-state index in [1.54, 1.807) is 31.3 Å². The minimum absolute atomic E-state index is 0.0187. The molecule has 7 nitrogen and oxygen atoms in total. The molecule has 1 saturated heterocycles. The van der Waals surface area contributed by atoms with Crippen molar-refractivity contribution in [2.45, 2.75) is 12.3 Å². The van der Waals surface area contributed by atoms with Crippen LogP contribution in [0, 0.1) is 0 Å². The van der Waals surface area contributed by atoms with Crippen LogP contribution in [-0.2, 0) is 9.59 Å². The molecule has 8 heteroatoms. The van der Waals surface area contributed by atoms with E-state index in [0.29, 0.717) is 28.9 Å². The largest absolute Gasteiger partial charge is 0.493 e. The van der Waals surface area contributed by atoms with Gasteiger partial charge in [0.25, 0.3) is 5.91 Å². The van der Waals surface area contributed by atoms with E-state index >= 15 is 0 Å². The minimum Gasteiger partial charge on any atom is -0.493 e. The Morgan fingerprint density at radius 2 is 2.03 bits per heavy atom. The highest BCUT2D eigenvalue weighted by molar-refractivity contribution is 9.10. The van der Waals surface area contributed by atoms with Crippen LogP contribution >= 0.6 is 15.9 Å². The summed E-state index contributed by atoms with van der Waals surface area (Å²) >= 11 is 3.41. The second kappa shape index (κ2) is 9.56. The molecular weight excluding hydrogens is 438 g/mol. The highest BCUT2D eigenvalue weighted by atomic mass is 79.9. The molecule has 2 aromatic carbocycles. The number of carbonyl (C=O) groups is 2. The van der Waals surface area contributed by atoms with Crippen LogP contribution in [0.1, 0.15) is 23.5 Å². The molecule has 1 heterocycles. The van der Waals surface area contributed by atoms with E-state index < -0.39 is 0 Å². The Labute approximate surface area is 177 Å². The van der Waals surface area contributed by atoms with Gasteiger partial charge in [-0.2, -0.15) is 5.10 Å². The van der Waals surface area contributed by atoms with Crippen molar-refractivity contribution in [3.05, 3.63) is 58.1 Å². The van der Waals surface area contributed by atoms with Crippen molar-refractivity contribution in [1.29, 1.82) is 0 Å². The first kappa shape index (κ1) is 20.9. The van der Waals surface area contributed by atoms with Crippen molar-refractivity contribution in [3.8, 4) is 11.5 Å². The highest BCUT2D eigenvalue weighted by Crippen LogP contribution is 2.35. The van der Waals surface area contributed by atoms with Crippen LogP contribution < -0.4 is 14.9 Å². The van der Waals surface area contributed by atoms with Gasteiger partial charge in [0.1, 0.15) is 6.54 Å². The third kappa shape index (κ3) is 5.14. The summed E-state index contributed by atoms with van der Waals surface area (Å²) in [5.41, 5.74) is 4.30. The van der Waals surface area contributed by atoms with Crippen molar-refractivity contribution in [1.82, 2.24) is 10.3 Å². The van der Waals surface area contributed by atoms with E-state index in [4.69, 9.17) is 9.47 Å². The van der Waals surface area contributed by atoms with Crippen molar-refractivity contribution in [3.63, 3.8) is 0 Å². The fourth-order valence-corrected chi connectivity index (χ4v) is 3.89. The zero-order valence-corrected chi connectivity index (χ0v) is 17.8. The maximum atomic E-state index is 12.2. The maximum absolute atomic E-state index is 12.2. The number of benzene rings is 2. The lowest BCUT2D eigenvalue weighted by atomic mass is 9.99. The number of ether oxygens (including phenoxy) is 2. The summed E-state index contributed by atoms with van der Waals surface area (Å²) in [4.78, 5) is 26.0. The number of carbonyl (C=O) groups excluding carboxylic acids is 2. The summed E-state index contributed by atoms with van der Waals surface area (Å²) in [6.45, 7) is 0.512. The van der Waals surface area contributed by atoms with Crippen LogP contribution in [0.4, 0.5) is 0 Å². The monoisotopic (exact) mass is 459 g/mol. The Hall–Kier alpha value is -2.87. The Bertz CT molecular complexity index is 918. The molecule has 1 atom stereocenters.